The molecule has 0 unspecified atom stereocenters. The van der Waals surface area contributed by atoms with Crippen LogP contribution in [0.5, 0.6) is 5.75 Å². The molecular formula is C21H27N3O4. The number of nitrogens with one attached hydrogen (secondary N) is 1. The first-order valence-corrected chi connectivity index (χ1v) is 9.71. The van der Waals surface area contributed by atoms with Crippen LogP contribution in [0.4, 0.5) is 0 Å². The molecule has 2 N–H and O–H groups in total. The number of aromatic nitrogens is 2. The van der Waals surface area contributed by atoms with Crippen molar-refractivity contribution in [2.75, 3.05) is 6.61 Å². The predicted octanol–water partition coefficient (Wildman–Crippen LogP) is 3.27. The highest BCUT2D eigenvalue weighted by Gasteiger charge is 2.29. The van der Waals surface area contributed by atoms with Gasteiger partial charge in [-0.2, -0.15) is 0 Å². The Morgan fingerprint density at radius 1 is 1.43 bits per heavy atom. The summed E-state index contributed by atoms with van der Waals surface area (Å²) < 4.78 is 7.84. The number of aryl methyl sites for hydroxylation is 1. The Labute approximate surface area is 164 Å². The van der Waals surface area contributed by atoms with Gasteiger partial charge in [0.15, 0.2) is 5.43 Å². The number of amides is 1. The Kier molecular flexibility index (Phi) is 5.84. The molecule has 0 spiro atoms. The molecule has 0 aromatic carbocycles. The second-order valence-electron chi connectivity index (χ2n) is 7.58. The zero-order valence-corrected chi connectivity index (χ0v) is 16.8. The van der Waals surface area contributed by atoms with Gasteiger partial charge in [-0.15, -0.1) is 0 Å². The maximum absolute atomic E-state index is 12.5. The van der Waals surface area contributed by atoms with E-state index in [9.17, 15) is 9.59 Å². The molecule has 2 aromatic heterocycles. The van der Waals surface area contributed by atoms with Gasteiger partial charge in [-0.25, -0.2) is 10.5 Å². The van der Waals surface area contributed by atoms with Gasteiger partial charge in [-0.1, -0.05) is 27.2 Å². The van der Waals surface area contributed by atoms with Crippen LogP contribution in [0.3, 0.4) is 0 Å². The second-order valence-corrected chi connectivity index (χ2v) is 7.58. The van der Waals surface area contributed by atoms with Gasteiger partial charge in [-0.05, 0) is 37.3 Å². The molecule has 3 heterocycles. The maximum Gasteiger partial charge on any atom is 0.280 e. The summed E-state index contributed by atoms with van der Waals surface area (Å²) in [5, 5.41) is 8.93. The summed E-state index contributed by atoms with van der Waals surface area (Å²) in [5.74, 6) is 0.240. The average molecular weight is 385 g/mol. The monoisotopic (exact) mass is 385 g/mol. The number of hydroxylamine groups is 1. The maximum atomic E-state index is 12.5. The van der Waals surface area contributed by atoms with Gasteiger partial charge in [0.05, 0.1) is 23.7 Å². The summed E-state index contributed by atoms with van der Waals surface area (Å²) in [6.45, 7) is 8.87. The lowest BCUT2D eigenvalue weighted by atomic mass is 9.89. The predicted molar refractivity (Wildman–Crippen MR) is 106 cm³/mol. The molecule has 0 saturated carbocycles. The molecule has 1 amide bonds. The SMILES string of the molecule is CCCCOc1cc2c(nc1C)-c1cc(=O)c(C(=O)NO)cn1[C@H](C(C)C)C2. The normalized spacial score (nSPS) is 15.1. The molecule has 0 bridgehead atoms. The van der Waals surface area contributed by atoms with Crippen molar-refractivity contribution in [3.8, 4) is 17.1 Å². The van der Waals surface area contributed by atoms with Crippen molar-refractivity contribution >= 4 is 5.91 Å². The van der Waals surface area contributed by atoms with Crippen molar-refractivity contribution in [1.82, 2.24) is 15.0 Å². The minimum absolute atomic E-state index is 0.0568. The number of carbonyl (C=O) groups is 1. The van der Waals surface area contributed by atoms with E-state index in [0.29, 0.717) is 12.3 Å². The number of fused-ring (bicyclic) bond motifs is 3. The van der Waals surface area contributed by atoms with Crippen molar-refractivity contribution in [3.05, 3.63) is 45.4 Å². The minimum atomic E-state index is -0.808. The van der Waals surface area contributed by atoms with E-state index in [1.54, 1.807) is 5.48 Å². The Morgan fingerprint density at radius 2 is 2.18 bits per heavy atom. The van der Waals surface area contributed by atoms with E-state index in [1.807, 2.05) is 17.6 Å². The molecule has 1 atom stereocenters. The fourth-order valence-corrected chi connectivity index (χ4v) is 3.60. The largest absolute Gasteiger partial charge is 0.492 e. The molecule has 150 valence electrons. The van der Waals surface area contributed by atoms with Gasteiger partial charge >= 0.3 is 0 Å². The van der Waals surface area contributed by atoms with Gasteiger partial charge in [0.2, 0.25) is 0 Å². The van der Waals surface area contributed by atoms with Crippen LogP contribution in [0.15, 0.2) is 23.1 Å². The van der Waals surface area contributed by atoms with Gasteiger partial charge in [0, 0.05) is 18.3 Å². The number of unbranched alkanes of at least 4 members (excludes halogenated alkanes) is 1. The van der Waals surface area contributed by atoms with E-state index >= 15 is 0 Å². The Bertz CT molecular complexity index is 949. The third kappa shape index (κ3) is 3.67. The second kappa shape index (κ2) is 8.14. The Balaban J connectivity index is 2.13. The molecular weight excluding hydrogens is 358 g/mol. The first-order valence-electron chi connectivity index (χ1n) is 9.71. The molecule has 7 nitrogen and oxygen atoms in total. The summed E-state index contributed by atoms with van der Waals surface area (Å²) in [6, 6.07) is 3.52. The number of carbonyl (C=O) groups excluding carboxylic acids is 1. The number of hydrogen-bond acceptors (Lipinski definition) is 5. The van der Waals surface area contributed by atoms with Gasteiger partial charge in [0.1, 0.15) is 11.3 Å². The van der Waals surface area contributed by atoms with Crippen LogP contribution >= 0.6 is 0 Å². The molecule has 0 saturated heterocycles. The van der Waals surface area contributed by atoms with Gasteiger partial charge < -0.3 is 9.30 Å². The van der Waals surface area contributed by atoms with E-state index < -0.39 is 11.3 Å². The fraction of sp³-hybridized carbons (Fsp3) is 0.476. The third-order valence-electron chi connectivity index (χ3n) is 5.23. The van der Waals surface area contributed by atoms with E-state index in [4.69, 9.17) is 14.9 Å². The molecule has 2 aromatic rings. The fourth-order valence-electron chi connectivity index (χ4n) is 3.60. The summed E-state index contributed by atoms with van der Waals surface area (Å²) >= 11 is 0. The summed E-state index contributed by atoms with van der Waals surface area (Å²) in [6.07, 6.45) is 4.30. The van der Waals surface area contributed by atoms with Gasteiger partial charge in [-0.3, -0.25) is 14.8 Å². The number of pyridine rings is 2. The zero-order chi connectivity index (χ0) is 20.4. The van der Waals surface area contributed by atoms with E-state index in [2.05, 4.69) is 20.8 Å². The van der Waals surface area contributed by atoms with Crippen LogP contribution in [0.25, 0.3) is 11.4 Å². The quantitative estimate of drug-likeness (QED) is 0.452. The van der Waals surface area contributed by atoms with Crippen LogP contribution in [0.2, 0.25) is 0 Å². The molecule has 1 aliphatic heterocycles. The highest BCUT2D eigenvalue weighted by atomic mass is 16.5. The lowest BCUT2D eigenvalue weighted by molar-refractivity contribution is 0.0704. The van der Waals surface area contributed by atoms with E-state index in [1.165, 1.54) is 12.3 Å². The van der Waals surface area contributed by atoms with Crippen LogP contribution < -0.4 is 15.6 Å². The van der Waals surface area contributed by atoms with Crippen molar-refractivity contribution in [1.29, 1.82) is 0 Å². The molecule has 0 aliphatic carbocycles. The highest BCUT2D eigenvalue weighted by molar-refractivity contribution is 5.93. The van der Waals surface area contributed by atoms with E-state index in [-0.39, 0.29) is 17.5 Å². The standard InChI is InChI=1S/C21H27N3O4/c1-5-6-7-28-19-9-14-8-16(12(2)3)24-11-15(21(26)23-27)18(25)10-17(24)20(14)22-13(19)4/h9-12,16,27H,5-8H2,1-4H3,(H,23,26)/t16-/m0/s1. The minimum Gasteiger partial charge on any atom is -0.492 e. The van der Waals surface area contributed by atoms with Gasteiger partial charge in [0.25, 0.3) is 5.91 Å². The summed E-state index contributed by atoms with van der Waals surface area (Å²) in [5.41, 5.74) is 4.25. The summed E-state index contributed by atoms with van der Waals surface area (Å²) in [7, 11) is 0. The first-order chi connectivity index (χ1) is 13.4. The molecule has 0 fully saturated rings. The van der Waals surface area contributed by atoms with E-state index in [0.717, 1.165) is 42.0 Å². The Morgan fingerprint density at radius 3 is 2.82 bits per heavy atom. The van der Waals surface area contributed by atoms with Crippen molar-refractivity contribution in [2.24, 2.45) is 5.92 Å². The number of hydrogen-bond donors (Lipinski definition) is 2. The molecule has 3 rings (SSSR count). The average Bonchev–Trinajstić information content (AvgIpc) is 2.67. The van der Waals surface area contributed by atoms with Crippen molar-refractivity contribution < 1.29 is 14.7 Å². The molecule has 1 aliphatic rings. The topological polar surface area (TPSA) is 93.4 Å². The van der Waals surface area contributed by atoms with Crippen LogP contribution in [0.1, 0.15) is 61.3 Å². The lowest BCUT2D eigenvalue weighted by Crippen LogP contribution is -2.31. The number of nitrogens with zero attached hydrogens (tertiary/aromatic N) is 2. The Hall–Kier alpha value is -2.67. The first kappa shape index (κ1) is 20.1. The van der Waals surface area contributed by atoms with Crippen LogP contribution in [0, 0.1) is 12.8 Å². The number of rotatable bonds is 6. The number of ether oxygens (including phenoxy) is 1. The highest BCUT2D eigenvalue weighted by Crippen LogP contribution is 2.38. The van der Waals surface area contributed by atoms with Crippen LogP contribution in [-0.4, -0.2) is 27.3 Å². The third-order valence-corrected chi connectivity index (χ3v) is 5.23. The lowest BCUT2D eigenvalue weighted by Gasteiger charge is -2.33. The zero-order valence-electron chi connectivity index (χ0n) is 16.8. The summed E-state index contributed by atoms with van der Waals surface area (Å²) in [4.78, 5) is 29.1. The molecule has 7 heteroatoms. The van der Waals surface area contributed by atoms with Crippen molar-refractivity contribution in [3.63, 3.8) is 0 Å². The van der Waals surface area contributed by atoms with Crippen molar-refractivity contribution in [2.45, 2.75) is 53.0 Å². The smallest absolute Gasteiger partial charge is 0.280 e. The molecule has 28 heavy (non-hydrogen) atoms. The molecule has 0 radical (unpaired) electrons. The van der Waals surface area contributed by atoms with Crippen LogP contribution in [-0.2, 0) is 6.42 Å².